The van der Waals surface area contributed by atoms with Crippen LogP contribution in [0.2, 0.25) is 0 Å². The lowest BCUT2D eigenvalue weighted by atomic mass is 9.84. The van der Waals surface area contributed by atoms with Crippen LogP contribution in [0, 0.1) is 17.2 Å². The molecule has 1 aliphatic carbocycles. The van der Waals surface area contributed by atoms with E-state index >= 15 is 0 Å². The van der Waals surface area contributed by atoms with Gasteiger partial charge in [0.2, 0.25) is 0 Å². The third-order valence-corrected chi connectivity index (χ3v) is 7.79. The van der Waals surface area contributed by atoms with E-state index in [2.05, 4.69) is 50.1 Å². The summed E-state index contributed by atoms with van der Waals surface area (Å²) in [5.41, 5.74) is 5.70. The lowest BCUT2D eigenvalue weighted by molar-refractivity contribution is 0.0879. The smallest absolute Gasteiger partial charge is 0.120 e. The standard InChI is InChI=1S/C28H35N5O/c1-32-25(17-29)16-23-18-33(15-12-28(23)32)14-11-21-7-9-24(10-8-21)31-20-34-19-22-4-2-6-27-26(22)5-3-13-30-27/h2-6,13,16,21,24,31H,7-12,14-15,18-20H2,1H3. The van der Waals surface area contributed by atoms with Gasteiger partial charge in [-0.25, -0.2) is 0 Å². The van der Waals surface area contributed by atoms with Gasteiger partial charge in [0.05, 0.1) is 18.9 Å². The minimum Gasteiger partial charge on any atom is -0.362 e. The molecular weight excluding hydrogens is 422 g/mol. The van der Waals surface area contributed by atoms with E-state index in [0.717, 1.165) is 36.6 Å². The summed E-state index contributed by atoms with van der Waals surface area (Å²) >= 11 is 0. The van der Waals surface area contributed by atoms with Crippen molar-refractivity contribution in [3.8, 4) is 6.07 Å². The first-order valence-corrected chi connectivity index (χ1v) is 12.6. The maximum atomic E-state index is 9.29. The lowest BCUT2D eigenvalue weighted by Crippen LogP contribution is -2.36. The highest BCUT2D eigenvalue weighted by atomic mass is 16.5. The number of pyridine rings is 1. The van der Waals surface area contributed by atoms with Crippen LogP contribution >= 0.6 is 0 Å². The Morgan fingerprint density at radius 1 is 1.18 bits per heavy atom. The predicted molar refractivity (Wildman–Crippen MR) is 134 cm³/mol. The highest BCUT2D eigenvalue weighted by molar-refractivity contribution is 5.81. The zero-order valence-corrected chi connectivity index (χ0v) is 20.2. The number of nitriles is 1. The molecule has 1 aliphatic heterocycles. The average Bonchev–Trinajstić information content (AvgIpc) is 3.21. The summed E-state index contributed by atoms with van der Waals surface area (Å²) in [6.07, 6.45) is 9.25. The molecule has 3 heterocycles. The van der Waals surface area contributed by atoms with Gasteiger partial charge in [-0.05, 0) is 73.9 Å². The van der Waals surface area contributed by atoms with Gasteiger partial charge in [0, 0.05) is 49.9 Å². The van der Waals surface area contributed by atoms with Crippen molar-refractivity contribution in [3.05, 3.63) is 65.1 Å². The molecule has 0 atom stereocenters. The maximum Gasteiger partial charge on any atom is 0.120 e. The Morgan fingerprint density at radius 2 is 2.06 bits per heavy atom. The highest BCUT2D eigenvalue weighted by Gasteiger charge is 2.24. The van der Waals surface area contributed by atoms with E-state index in [4.69, 9.17) is 4.74 Å². The van der Waals surface area contributed by atoms with Crippen molar-refractivity contribution < 1.29 is 4.74 Å². The number of nitrogens with zero attached hydrogens (tertiary/aromatic N) is 4. The molecule has 0 amide bonds. The molecule has 1 N–H and O–H groups in total. The van der Waals surface area contributed by atoms with Crippen LogP contribution in [0.3, 0.4) is 0 Å². The zero-order valence-electron chi connectivity index (χ0n) is 20.2. The van der Waals surface area contributed by atoms with Crippen molar-refractivity contribution in [3.63, 3.8) is 0 Å². The van der Waals surface area contributed by atoms with E-state index in [0.29, 0.717) is 19.4 Å². The summed E-state index contributed by atoms with van der Waals surface area (Å²) in [5, 5.41) is 14.1. The van der Waals surface area contributed by atoms with Gasteiger partial charge < -0.3 is 9.30 Å². The third kappa shape index (κ3) is 5.17. The average molecular weight is 458 g/mol. The van der Waals surface area contributed by atoms with Crippen molar-refractivity contribution >= 4 is 10.9 Å². The lowest BCUT2D eigenvalue weighted by Gasteiger charge is -2.32. The summed E-state index contributed by atoms with van der Waals surface area (Å²) in [5.74, 6) is 0.828. The third-order valence-electron chi connectivity index (χ3n) is 7.79. The minimum atomic E-state index is 0.566. The first-order valence-electron chi connectivity index (χ1n) is 12.6. The van der Waals surface area contributed by atoms with E-state index in [-0.39, 0.29) is 0 Å². The second kappa shape index (κ2) is 10.7. The quantitative estimate of drug-likeness (QED) is 0.398. The van der Waals surface area contributed by atoms with Gasteiger partial charge in [-0.3, -0.25) is 15.2 Å². The number of aromatic nitrogens is 2. The van der Waals surface area contributed by atoms with Gasteiger partial charge in [-0.15, -0.1) is 0 Å². The molecule has 0 spiro atoms. The van der Waals surface area contributed by atoms with Gasteiger partial charge in [0.15, 0.2) is 0 Å². The Bertz CT molecular complexity index is 1150. The molecule has 6 nitrogen and oxygen atoms in total. The van der Waals surface area contributed by atoms with Crippen LogP contribution in [0.4, 0.5) is 0 Å². The Hall–Kier alpha value is -2.72. The van der Waals surface area contributed by atoms with E-state index in [9.17, 15) is 5.26 Å². The van der Waals surface area contributed by atoms with Crippen LogP contribution < -0.4 is 5.32 Å². The van der Waals surface area contributed by atoms with Crippen molar-refractivity contribution in [2.24, 2.45) is 13.0 Å². The molecule has 3 aromatic rings. The first kappa shape index (κ1) is 23.0. The molecule has 6 heteroatoms. The van der Waals surface area contributed by atoms with Crippen LogP contribution in [-0.2, 0) is 31.4 Å². The molecule has 178 valence electrons. The SMILES string of the molecule is Cn1c(C#N)cc2c1CCN(CCC1CCC(NCOCc3cccc4ncccc34)CC1)C2. The van der Waals surface area contributed by atoms with E-state index in [1.165, 1.54) is 60.9 Å². The molecule has 5 rings (SSSR count). The number of hydrogen-bond donors (Lipinski definition) is 1. The molecule has 0 unspecified atom stereocenters. The van der Waals surface area contributed by atoms with Gasteiger partial charge in [0.1, 0.15) is 11.8 Å². The Balaban J connectivity index is 0.998. The van der Waals surface area contributed by atoms with Gasteiger partial charge in [-0.1, -0.05) is 18.2 Å². The van der Waals surface area contributed by atoms with E-state index in [1.54, 1.807) is 0 Å². The van der Waals surface area contributed by atoms with E-state index in [1.807, 2.05) is 25.4 Å². The zero-order chi connectivity index (χ0) is 23.3. The first-order chi connectivity index (χ1) is 16.7. The summed E-state index contributed by atoms with van der Waals surface area (Å²) in [7, 11) is 2.02. The van der Waals surface area contributed by atoms with Crippen LogP contribution in [0.15, 0.2) is 42.6 Å². The van der Waals surface area contributed by atoms with Gasteiger partial charge >= 0.3 is 0 Å². The summed E-state index contributed by atoms with van der Waals surface area (Å²) < 4.78 is 8.04. The fourth-order valence-corrected chi connectivity index (χ4v) is 5.70. The van der Waals surface area contributed by atoms with Crippen LogP contribution in [0.1, 0.15) is 54.6 Å². The maximum absolute atomic E-state index is 9.29. The normalized spacial score (nSPS) is 20.8. The molecule has 2 aromatic heterocycles. The molecule has 0 radical (unpaired) electrons. The molecule has 1 aromatic carbocycles. The molecular formula is C28H35N5O. The highest BCUT2D eigenvalue weighted by Crippen LogP contribution is 2.28. The van der Waals surface area contributed by atoms with E-state index < -0.39 is 0 Å². The number of rotatable bonds is 8. The number of ether oxygens (including phenoxy) is 1. The fourth-order valence-electron chi connectivity index (χ4n) is 5.70. The van der Waals surface area contributed by atoms with Crippen molar-refractivity contribution in [2.45, 2.75) is 57.7 Å². The Labute approximate surface area is 202 Å². The topological polar surface area (TPSA) is 66.1 Å². The molecule has 34 heavy (non-hydrogen) atoms. The van der Waals surface area contributed by atoms with Crippen LogP contribution in [-0.4, -0.2) is 40.3 Å². The van der Waals surface area contributed by atoms with Crippen molar-refractivity contribution in [1.29, 1.82) is 5.26 Å². The number of benzene rings is 1. The van der Waals surface area contributed by atoms with Gasteiger partial charge in [0.25, 0.3) is 0 Å². The van der Waals surface area contributed by atoms with Crippen molar-refractivity contribution in [1.82, 2.24) is 19.8 Å². The largest absolute Gasteiger partial charge is 0.362 e. The Kier molecular flexibility index (Phi) is 7.24. The summed E-state index contributed by atoms with van der Waals surface area (Å²) in [6.45, 7) is 4.48. The number of fused-ring (bicyclic) bond motifs is 2. The van der Waals surface area contributed by atoms with Crippen molar-refractivity contribution in [2.75, 3.05) is 19.8 Å². The minimum absolute atomic E-state index is 0.566. The summed E-state index contributed by atoms with van der Waals surface area (Å²) in [4.78, 5) is 7.00. The Morgan fingerprint density at radius 3 is 2.91 bits per heavy atom. The summed E-state index contributed by atoms with van der Waals surface area (Å²) in [6, 6.07) is 15.3. The molecule has 0 saturated heterocycles. The number of nitrogens with one attached hydrogen (secondary N) is 1. The molecule has 1 saturated carbocycles. The fraction of sp³-hybridized carbons (Fsp3) is 0.500. The van der Waals surface area contributed by atoms with Crippen LogP contribution in [0.5, 0.6) is 0 Å². The number of hydrogen-bond acceptors (Lipinski definition) is 5. The predicted octanol–water partition coefficient (Wildman–Crippen LogP) is 4.52. The molecule has 2 aliphatic rings. The molecule has 0 bridgehead atoms. The molecule has 1 fully saturated rings. The monoisotopic (exact) mass is 457 g/mol. The second-order valence-corrected chi connectivity index (χ2v) is 9.89. The van der Waals surface area contributed by atoms with Crippen LogP contribution in [0.25, 0.3) is 10.9 Å². The second-order valence-electron chi connectivity index (χ2n) is 9.89. The van der Waals surface area contributed by atoms with Gasteiger partial charge in [-0.2, -0.15) is 5.26 Å².